The highest BCUT2D eigenvalue weighted by molar-refractivity contribution is 5.94. The Hall–Kier alpha value is -2.27. The standard InChI is InChI=1S/C20H22F2N2O/c21-18-9-8-16(13-19(18)22)20(25)23-14-17(24-10-4-5-11-24)12-15-6-2-1-3-7-15/h1-3,6-9,13,17H,4-5,10-12,14H2,(H,23,25). The van der Waals surface area contributed by atoms with Gasteiger partial charge in [0, 0.05) is 18.2 Å². The molecule has 0 saturated carbocycles. The second kappa shape index (κ2) is 8.21. The van der Waals surface area contributed by atoms with Gasteiger partial charge in [0.15, 0.2) is 11.6 Å². The van der Waals surface area contributed by atoms with Crippen molar-refractivity contribution in [3.05, 3.63) is 71.3 Å². The summed E-state index contributed by atoms with van der Waals surface area (Å²) in [7, 11) is 0. The van der Waals surface area contributed by atoms with Crippen LogP contribution in [0.5, 0.6) is 0 Å². The highest BCUT2D eigenvalue weighted by atomic mass is 19.2. The molecule has 1 aliphatic rings. The lowest BCUT2D eigenvalue weighted by Gasteiger charge is -2.28. The zero-order valence-electron chi connectivity index (χ0n) is 14.1. The van der Waals surface area contributed by atoms with Gasteiger partial charge in [-0.05, 0) is 56.1 Å². The van der Waals surface area contributed by atoms with Crippen LogP contribution in [0.2, 0.25) is 0 Å². The third-order valence-corrected chi connectivity index (χ3v) is 4.65. The van der Waals surface area contributed by atoms with E-state index < -0.39 is 11.6 Å². The number of carbonyl (C=O) groups is 1. The quantitative estimate of drug-likeness (QED) is 0.871. The molecule has 0 radical (unpaired) electrons. The minimum absolute atomic E-state index is 0.138. The minimum Gasteiger partial charge on any atom is -0.350 e. The Kier molecular flexibility index (Phi) is 5.76. The van der Waals surface area contributed by atoms with Crippen molar-refractivity contribution in [1.29, 1.82) is 0 Å². The van der Waals surface area contributed by atoms with Gasteiger partial charge in [-0.3, -0.25) is 9.69 Å². The van der Waals surface area contributed by atoms with Crippen molar-refractivity contribution < 1.29 is 13.6 Å². The van der Waals surface area contributed by atoms with Gasteiger partial charge >= 0.3 is 0 Å². The van der Waals surface area contributed by atoms with Crippen molar-refractivity contribution in [3.63, 3.8) is 0 Å². The summed E-state index contributed by atoms with van der Waals surface area (Å²) in [5, 5.41) is 2.87. The predicted octanol–water partition coefficient (Wildman–Crippen LogP) is 3.40. The normalized spacial score (nSPS) is 15.9. The van der Waals surface area contributed by atoms with Crippen LogP contribution in [-0.4, -0.2) is 36.5 Å². The summed E-state index contributed by atoms with van der Waals surface area (Å²) in [6.07, 6.45) is 3.18. The molecule has 1 fully saturated rings. The summed E-state index contributed by atoms with van der Waals surface area (Å²) in [5.74, 6) is -2.33. The highest BCUT2D eigenvalue weighted by Crippen LogP contribution is 2.16. The van der Waals surface area contributed by atoms with E-state index in [1.54, 1.807) is 0 Å². The first kappa shape index (κ1) is 17.5. The van der Waals surface area contributed by atoms with Crippen molar-refractivity contribution in [2.24, 2.45) is 0 Å². The summed E-state index contributed by atoms with van der Waals surface area (Å²) < 4.78 is 26.3. The topological polar surface area (TPSA) is 32.3 Å². The van der Waals surface area contributed by atoms with Gasteiger partial charge < -0.3 is 5.32 Å². The fraction of sp³-hybridized carbons (Fsp3) is 0.350. The third kappa shape index (κ3) is 4.63. The highest BCUT2D eigenvalue weighted by Gasteiger charge is 2.23. The van der Waals surface area contributed by atoms with Gasteiger partial charge in [-0.1, -0.05) is 30.3 Å². The van der Waals surface area contributed by atoms with Gasteiger partial charge in [0.05, 0.1) is 0 Å². The van der Waals surface area contributed by atoms with Crippen LogP contribution in [-0.2, 0) is 6.42 Å². The number of hydrogen-bond acceptors (Lipinski definition) is 2. The monoisotopic (exact) mass is 344 g/mol. The molecule has 1 amide bonds. The number of carbonyl (C=O) groups excluding carboxylic acids is 1. The van der Waals surface area contributed by atoms with Crippen molar-refractivity contribution in [2.75, 3.05) is 19.6 Å². The maximum Gasteiger partial charge on any atom is 0.251 e. The number of likely N-dealkylation sites (tertiary alicyclic amines) is 1. The Morgan fingerprint density at radius 1 is 1.04 bits per heavy atom. The van der Waals surface area contributed by atoms with Crippen molar-refractivity contribution >= 4 is 5.91 Å². The van der Waals surface area contributed by atoms with Crippen molar-refractivity contribution in [3.8, 4) is 0 Å². The molecule has 132 valence electrons. The average Bonchev–Trinajstić information content (AvgIpc) is 3.16. The van der Waals surface area contributed by atoms with Crippen LogP contribution in [0.25, 0.3) is 0 Å². The van der Waals surface area contributed by atoms with E-state index in [9.17, 15) is 13.6 Å². The van der Waals surface area contributed by atoms with Crippen molar-refractivity contribution in [1.82, 2.24) is 10.2 Å². The molecule has 25 heavy (non-hydrogen) atoms. The largest absolute Gasteiger partial charge is 0.350 e. The van der Waals surface area contributed by atoms with Gasteiger partial charge in [0.25, 0.3) is 5.91 Å². The van der Waals surface area contributed by atoms with Gasteiger partial charge in [-0.2, -0.15) is 0 Å². The zero-order chi connectivity index (χ0) is 17.6. The molecule has 1 N–H and O–H groups in total. The molecule has 3 rings (SSSR count). The fourth-order valence-electron chi connectivity index (χ4n) is 3.27. The summed E-state index contributed by atoms with van der Waals surface area (Å²) in [6, 6.07) is 13.6. The Morgan fingerprint density at radius 3 is 2.44 bits per heavy atom. The lowest BCUT2D eigenvalue weighted by atomic mass is 10.0. The molecule has 2 aromatic carbocycles. The van der Waals surface area contributed by atoms with E-state index >= 15 is 0 Å². The molecule has 0 spiro atoms. The Morgan fingerprint density at radius 2 is 1.76 bits per heavy atom. The predicted molar refractivity (Wildman–Crippen MR) is 93.4 cm³/mol. The number of hydrogen-bond donors (Lipinski definition) is 1. The second-order valence-corrected chi connectivity index (χ2v) is 6.43. The van der Waals surface area contributed by atoms with E-state index in [1.165, 1.54) is 24.5 Å². The van der Waals surface area contributed by atoms with E-state index in [1.807, 2.05) is 18.2 Å². The number of rotatable bonds is 6. The van der Waals surface area contributed by atoms with Crippen LogP contribution in [0.1, 0.15) is 28.8 Å². The Bertz CT molecular complexity index is 715. The molecule has 3 nitrogen and oxygen atoms in total. The van der Waals surface area contributed by atoms with Crippen LogP contribution in [0, 0.1) is 11.6 Å². The van der Waals surface area contributed by atoms with Gasteiger partial charge in [0.1, 0.15) is 0 Å². The molecule has 1 heterocycles. The maximum absolute atomic E-state index is 13.3. The minimum atomic E-state index is -1.01. The van der Waals surface area contributed by atoms with Crippen LogP contribution < -0.4 is 5.32 Å². The third-order valence-electron chi connectivity index (χ3n) is 4.65. The molecular weight excluding hydrogens is 322 g/mol. The first-order valence-electron chi connectivity index (χ1n) is 8.65. The van der Waals surface area contributed by atoms with Gasteiger partial charge in [0.2, 0.25) is 0 Å². The zero-order valence-corrected chi connectivity index (χ0v) is 14.1. The number of nitrogens with zero attached hydrogens (tertiary/aromatic N) is 1. The maximum atomic E-state index is 13.3. The van der Waals surface area contributed by atoms with E-state index in [4.69, 9.17) is 0 Å². The molecule has 0 bridgehead atoms. The molecule has 5 heteroatoms. The van der Waals surface area contributed by atoms with Gasteiger partial charge in [-0.25, -0.2) is 8.78 Å². The molecule has 2 aromatic rings. The lowest BCUT2D eigenvalue weighted by molar-refractivity contribution is 0.0937. The smallest absolute Gasteiger partial charge is 0.251 e. The first-order valence-corrected chi connectivity index (χ1v) is 8.65. The summed E-state index contributed by atoms with van der Waals surface area (Å²) in [4.78, 5) is 14.6. The molecule has 1 saturated heterocycles. The number of nitrogens with one attached hydrogen (secondary N) is 1. The summed E-state index contributed by atoms with van der Waals surface area (Å²) in [5.41, 5.74) is 1.36. The molecule has 1 aliphatic heterocycles. The van der Waals surface area contributed by atoms with Crippen LogP contribution >= 0.6 is 0 Å². The molecule has 0 aliphatic carbocycles. The molecular formula is C20H22F2N2O. The summed E-state index contributed by atoms with van der Waals surface area (Å²) in [6.45, 7) is 2.53. The lowest BCUT2D eigenvalue weighted by Crippen LogP contribution is -2.44. The number of amides is 1. The molecule has 0 aromatic heterocycles. The number of benzene rings is 2. The summed E-state index contributed by atoms with van der Waals surface area (Å²) >= 11 is 0. The first-order chi connectivity index (χ1) is 12.1. The Balaban J connectivity index is 1.65. The second-order valence-electron chi connectivity index (χ2n) is 6.43. The number of halogens is 2. The van der Waals surface area contributed by atoms with Crippen LogP contribution in [0.4, 0.5) is 8.78 Å². The van der Waals surface area contributed by atoms with Crippen molar-refractivity contribution in [2.45, 2.75) is 25.3 Å². The average molecular weight is 344 g/mol. The molecule has 1 unspecified atom stereocenters. The van der Waals surface area contributed by atoms with E-state index in [0.717, 1.165) is 31.6 Å². The van der Waals surface area contributed by atoms with Crippen LogP contribution in [0.15, 0.2) is 48.5 Å². The van der Waals surface area contributed by atoms with E-state index in [2.05, 4.69) is 22.3 Å². The molecule has 1 atom stereocenters. The van der Waals surface area contributed by atoms with E-state index in [0.29, 0.717) is 6.54 Å². The van der Waals surface area contributed by atoms with Crippen LogP contribution in [0.3, 0.4) is 0 Å². The Labute approximate surface area is 146 Å². The fourth-order valence-corrected chi connectivity index (χ4v) is 3.27. The van der Waals surface area contributed by atoms with Gasteiger partial charge in [-0.15, -0.1) is 0 Å². The SMILES string of the molecule is O=C(NCC(Cc1ccccc1)N1CCCC1)c1ccc(F)c(F)c1. The van der Waals surface area contributed by atoms with E-state index in [-0.39, 0.29) is 17.5 Å².